The number of nitrogens with zero attached hydrogens (tertiary/aromatic N) is 1. The Morgan fingerprint density at radius 3 is 1.68 bits per heavy atom. The van der Waals surface area contributed by atoms with E-state index >= 15 is 0 Å². The van der Waals surface area contributed by atoms with Crippen molar-refractivity contribution in [2.75, 3.05) is 33.0 Å². The lowest BCUT2D eigenvalue weighted by molar-refractivity contribution is -0.140. The summed E-state index contributed by atoms with van der Waals surface area (Å²) < 4.78 is 22.2. The summed E-state index contributed by atoms with van der Waals surface area (Å²) in [5.41, 5.74) is 1.30. The van der Waals surface area contributed by atoms with Crippen LogP contribution in [0.25, 0.3) is 10.8 Å². The Hall–Kier alpha value is -4.14. The minimum absolute atomic E-state index is 0.0243. The van der Waals surface area contributed by atoms with Gasteiger partial charge < -0.3 is 18.9 Å². The number of hydrogen-bond acceptors (Lipinski definition) is 8. The van der Waals surface area contributed by atoms with Crippen molar-refractivity contribution >= 4 is 34.5 Å². The molecule has 1 aliphatic rings. The first-order chi connectivity index (χ1) is 19.6. The Morgan fingerprint density at radius 1 is 0.780 bits per heavy atom. The second kappa shape index (κ2) is 14.5. The topological polar surface area (TPSA) is 108 Å². The smallest absolute Gasteiger partial charge is 0.333 e. The molecule has 0 N–H and O–H groups in total. The van der Waals surface area contributed by atoms with Gasteiger partial charge in [-0.05, 0) is 50.5 Å². The lowest BCUT2D eigenvalue weighted by Crippen LogP contribution is -2.43. The molecule has 9 heteroatoms. The molecular formula is C32H39NO8. The van der Waals surface area contributed by atoms with Crippen LogP contribution in [0.1, 0.15) is 74.1 Å². The molecule has 41 heavy (non-hydrogen) atoms. The minimum Gasteiger partial charge on any atom is -0.489 e. The number of carbonyl (C=O) groups is 4. The molecule has 3 rings (SSSR count). The molecule has 0 saturated carbocycles. The third kappa shape index (κ3) is 7.54. The van der Waals surface area contributed by atoms with Crippen LogP contribution in [0.3, 0.4) is 0 Å². The summed E-state index contributed by atoms with van der Waals surface area (Å²) in [6.45, 7) is 14.8. The Kier molecular flexibility index (Phi) is 11.1. The van der Waals surface area contributed by atoms with E-state index in [2.05, 4.69) is 27.0 Å². The number of ether oxygens (including phenoxy) is 4. The summed E-state index contributed by atoms with van der Waals surface area (Å²) in [5.74, 6) is -0.856. The molecule has 0 radical (unpaired) electrons. The highest BCUT2D eigenvalue weighted by atomic mass is 16.6. The van der Waals surface area contributed by atoms with E-state index in [0.29, 0.717) is 39.9 Å². The summed E-state index contributed by atoms with van der Waals surface area (Å²) in [6, 6.07) is 6.59. The minimum atomic E-state index is -0.528. The van der Waals surface area contributed by atoms with Crippen LogP contribution in [0, 0.1) is 5.92 Å². The molecule has 1 heterocycles. The van der Waals surface area contributed by atoms with Crippen LogP contribution in [0.4, 0.5) is 0 Å². The third-order valence-electron chi connectivity index (χ3n) is 6.86. The van der Waals surface area contributed by atoms with Gasteiger partial charge in [0.2, 0.25) is 0 Å². The van der Waals surface area contributed by atoms with Gasteiger partial charge in [0.05, 0.1) is 5.39 Å². The number of imide groups is 1. The van der Waals surface area contributed by atoms with Gasteiger partial charge in [-0.1, -0.05) is 46.3 Å². The monoisotopic (exact) mass is 565 g/mol. The number of hydrogen-bond donors (Lipinski definition) is 0. The second-order valence-electron chi connectivity index (χ2n) is 10.1. The quantitative estimate of drug-likeness (QED) is 0.111. The predicted octanol–water partition coefficient (Wildman–Crippen LogP) is 5.65. The molecule has 0 saturated heterocycles. The van der Waals surface area contributed by atoms with Crippen LogP contribution in [0.5, 0.6) is 11.5 Å². The van der Waals surface area contributed by atoms with E-state index in [1.54, 1.807) is 38.1 Å². The van der Waals surface area contributed by atoms with E-state index in [9.17, 15) is 19.2 Å². The molecule has 0 fully saturated rings. The molecule has 1 unspecified atom stereocenters. The molecule has 1 atom stereocenters. The van der Waals surface area contributed by atoms with Crippen molar-refractivity contribution in [2.24, 2.45) is 5.92 Å². The van der Waals surface area contributed by atoms with E-state index in [1.807, 2.05) is 0 Å². The second-order valence-corrected chi connectivity index (χ2v) is 10.1. The zero-order valence-electron chi connectivity index (χ0n) is 24.4. The fraction of sp³-hybridized carbons (Fsp3) is 0.438. The van der Waals surface area contributed by atoms with Crippen molar-refractivity contribution in [3.8, 4) is 11.5 Å². The van der Waals surface area contributed by atoms with Gasteiger partial charge in [0.1, 0.15) is 37.9 Å². The average Bonchev–Trinajstić information content (AvgIpc) is 2.95. The predicted molar refractivity (Wildman–Crippen MR) is 155 cm³/mol. The average molecular weight is 566 g/mol. The molecule has 9 nitrogen and oxygen atoms in total. The highest BCUT2D eigenvalue weighted by Gasteiger charge is 2.35. The van der Waals surface area contributed by atoms with Crippen LogP contribution < -0.4 is 9.47 Å². The summed E-state index contributed by atoms with van der Waals surface area (Å²) in [6.07, 6.45) is 3.89. The number of rotatable bonds is 16. The zero-order chi connectivity index (χ0) is 30.1. The lowest BCUT2D eigenvalue weighted by Gasteiger charge is -2.31. The first-order valence-corrected chi connectivity index (χ1v) is 14.0. The van der Waals surface area contributed by atoms with Crippen LogP contribution in [-0.2, 0) is 19.1 Å². The molecule has 2 aromatic carbocycles. The summed E-state index contributed by atoms with van der Waals surface area (Å²) in [7, 11) is 0. The normalized spacial score (nSPS) is 13.1. The molecular weight excluding hydrogens is 526 g/mol. The van der Waals surface area contributed by atoms with Gasteiger partial charge in [0.25, 0.3) is 11.8 Å². The maximum Gasteiger partial charge on any atom is 0.333 e. The molecule has 2 aromatic rings. The van der Waals surface area contributed by atoms with Crippen molar-refractivity contribution < 1.29 is 38.1 Å². The fourth-order valence-electron chi connectivity index (χ4n) is 4.57. The van der Waals surface area contributed by atoms with Crippen LogP contribution in [0.15, 0.2) is 48.6 Å². The molecule has 0 aliphatic carbocycles. The Balaban J connectivity index is 1.95. The summed E-state index contributed by atoms with van der Waals surface area (Å²) in [5, 5.41) is 0.877. The van der Waals surface area contributed by atoms with Crippen molar-refractivity contribution in [3.05, 3.63) is 59.7 Å². The number of amides is 2. The number of carbonyl (C=O) groups excluding carboxylic acids is 4. The van der Waals surface area contributed by atoms with Crippen molar-refractivity contribution in [2.45, 2.75) is 53.4 Å². The van der Waals surface area contributed by atoms with Gasteiger partial charge in [0.15, 0.2) is 0 Å². The molecule has 0 aromatic heterocycles. The molecule has 0 bridgehead atoms. The van der Waals surface area contributed by atoms with E-state index in [4.69, 9.17) is 18.9 Å². The van der Waals surface area contributed by atoms with E-state index < -0.39 is 11.9 Å². The number of benzene rings is 2. The molecule has 0 spiro atoms. The van der Waals surface area contributed by atoms with Crippen LogP contribution in [-0.4, -0.2) is 61.6 Å². The lowest BCUT2D eigenvalue weighted by atomic mass is 9.91. The van der Waals surface area contributed by atoms with Crippen molar-refractivity contribution in [3.63, 3.8) is 0 Å². The van der Waals surface area contributed by atoms with Gasteiger partial charge in [-0.15, -0.1) is 0 Å². The highest BCUT2D eigenvalue weighted by Crippen LogP contribution is 2.41. The maximum atomic E-state index is 13.7. The largest absolute Gasteiger partial charge is 0.489 e. The number of unbranched alkanes of at least 4 members (excludes halogenated alkanes) is 1. The number of esters is 2. The molecule has 1 aliphatic heterocycles. The first kappa shape index (κ1) is 31.4. The molecule has 220 valence electrons. The fourth-order valence-corrected chi connectivity index (χ4v) is 4.57. The summed E-state index contributed by atoms with van der Waals surface area (Å²) in [4.78, 5) is 52.1. The van der Waals surface area contributed by atoms with Crippen molar-refractivity contribution in [1.29, 1.82) is 0 Å². The van der Waals surface area contributed by atoms with E-state index in [0.717, 1.165) is 25.7 Å². The zero-order valence-corrected chi connectivity index (χ0v) is 24.4. The van der Waals surface area contributed by atoms with Gasteiger partial charge in [0, 0.05) is 34.2 Å². The van der Waals surface area contributed by atoms with Gasteiger partial charge in [-0.2, -0.15) is 0 Å². The third-order valence-corrected chi connectivity index (χ3v) is 6.86. The van der Waals surface area contributed by atoms with Crippen LogP contribution in [0.2, 0.25) is 0 Å². The standard InChI is InChI=1S/C32H39NO8/c1-7-9-10-22(8-2)19-33-29(34)23-11-13-25(38-15-17-40-31(36)20(3)4)28-26(14-12-24(27(23)28)30(33)35)39-16-18-41-32(37)21(5)6/h11-14,22H,3,5,7-10,15-19H2,1-2,4,6H3. The van der Waals surface area contributed by atoms with Gasteiger partial charge >= 0.3 is 11.9 Å². The van der Waals surface area contributed by atoms with Gasteiger partial charge in [-0.25, -0.2) is 9.59 Å². The van der Waals surface area contributed by atoms with Crippen molar-refractivity contribution in [1.82, 2.24) is 4.90 Å². The Bertz CT molecular complexity index is 1260. The van der Waals surface area contributed by atoms with E-state index in [-0.39, 0.29) is 55.3 Å². The SMILES string of the molecule is C=C(C)C(=O)OCCOc1ccc2c3c(ccc(OCCOC(=O)C(=C)C)c13)C(=O)N(CC(CC)CCCC)C2=O. The molecule has 2 amide bonds. The Labute approximate surface area is 241 Å². The van der Waals surface area contributed by atoms with E-state index in [1.165, 1.54) is 4.90 Å². The highest BCUT2D eigenvalue weighted by molar-refractivity contribution is 6.27. The first-order valence-electron chi connectivity index (χ1n) is 14.0. The van der Waals surface area contributed by atoms with Gasteiger partial charge in [-0.3, -0.25) is 14.5 Å². The maximum absolute atomic E-state index is 13.7. The van der Waals surface area contributed by atoms with Crippen LogP contribution >= 0.6 is 0 Å². The Morgan fingerprint density at radius 2 is 1.27 bits per heavy atom. The summed E-state index contributed by atoms with van der Waals surface area (Å²) >= 11 is 0.